The van der Waals surface area contributed by atoms with Crippen LogP contribution in [0.15, 0.2) is 42.6 Å². The lowest BCUT2D eigenvalue weighted by Gasteiger charge is -2.22. The number of carbonyl (C=O) groups is 1. The molecule has 0 radical (unpaired) electrons. The maximum atomic E-state index is 12.8. The molecule has 6 heteroatoms. The molecule has 2 heterocycles. The molecule has 0 spiro atoms. The van der Waals surface area contributed by atoms with Gasteiger partial charge in [0.25, 0.3) is 0 Å². The first-order valence-electron chi connectivity index (χ1n) is 8.52. The van der Waals surface area contributed by atoms with Crippen LogP contribution in [0.3, 0.4) is 0 Å². The van der Waals surface area contributed by atoms with Gasteiger partial charge < -0.3 is 19.5 Å². The molecule has 0 aliphatic carbocycles. The maximum Gasteiger partial charge on any atom is 0.322 e. The Balaban J connectivity index is 1.57. The van der Waals surface area contributed by atoms with Gasteiger partial charge in [-0.25, -0.2) is 4.79 Å². The lowest BCUT2D eigenvalue weighted by atomic mass is 10.1. The maximum absolute atomic E-state index is 12.8. The molecular weight excluding hydrogens is 350 g/mol. The number of hydrogen-bond donors (Lipinski definition) is 1. The number of anilines is 1. The molecular formula is C20H20ClN3O2. The second kappa shape index (κ2) is 6.57. The van der Waals surface area contributed by atoms with E-state index in [1.54, 1.807) is 25.3 Å². The zero-order chi connectivity index (χ0) is 18.3. The highest BCUT2D eigenvalue weighted by molar-refractivity contribution is 6.32. The van der Waals surface area contributed by atoms with Crippen molar-refractivity contribution in [3.05, 3.63) is 58.7 Å². The van der Waals surface area contributed by atoms with Gasteiger partial charge in [-0.3, -0.25) is 0 Å². The molecule has 2 aromatic carbocycles. The standard InChI is InChI=1S/C20H20ClN3O2/c1-23-11-14-8-9-24(12-13-4-3-5-17(23)19(13)14)20(25)22-15-6-7-18(26-2)16(21)10-15/h3-7,10-11H,8-9,12H2,1-2H3,(H,22,25). The summed E-state index contributed by atoms with van der Waals surface area (Å²) in [6.45, 7) is 1.26. The van der Waals surface area contributed by atoms with Crippen LogP contribution in [0.2, 0.25) is 5.02 Å². The summed E-state index contributed by atoms with van der Waals surface area (Å²) in [6.07, 6.45) is 3.00. The van der Waals surface area contributed by atoms with E-state index < -0.39 is 0 Å². The predicted molar refractivity (Wildman–Crippen MR) is 104 cm³/mol. The molecule has 26 heavy (non-hydrogen) atoms. The Hall–Kier alpha value is -2.66. The third-order valence-corrected chi connectivity index (χ3v) is 5.18. The summed E-state index contributed by atoms with van der Waals surface area (Å²) >= 11 is 6.15. The van der Waals surface area contributed by atoms with E-state index >= 15 is 0 Å². The van der Waals surface area contributed by atoms with E-state index in [2.05, 4.69) is 35.3 Å². The second-order valence-electron chi connectivity index (χ2n) is 6.53. The fraction of sp³-hybridized carbons (Fsp3) is 0.250. The zero-order valence-corrected chi connectivity index (χ0v) is 15.5. The second-order valence-corrected chi connectivity index (χ2v) is 6.93. The van der Waals surface area contributed by atoms with Gasteiger partial charge in [-0.15, -0.1) is 0 Å². The van der Waals surface area contributed by atoms with Gasteiger partial charge in [-0.1, -0.05) is 23.7 Å². The summed E-state index contributed by atoms with van der Waals surface area (Å²) in [7, 11) is 3.63. The first-order valence-corrected chi connectivity index (χ1v) is 8.90. The Labute approximate surface area is 157 Å². The molecule has 0 saturated heterocycles. The van der Waals surface area contributed by atoms with Crippen molar-refractivity contribution in [1.29, 1.82) is 0 Å². The molecule has 1 aliphatic heterocycles. The highest BCUT2D eigenvalue weighted by atomic mass is 35.5. The first kappa shape index (κ1) is 16.8. The van der Waals surface area contributed by atoms with Gasteiger partial charge in [0.15, 0.2) is 0 Å². The Morgan fingerprint density at radius 3 is 2.85 bits per heavy atom. The molecule has 5 nitrogen and oxygen atoms in total. The summed E-state index contributed by atoms with van der Waals surface area (Å²) in [6, 6.07) is 11.4. The Morgan fingerprint density at radius 2 is 2.08 bits per heavy atom. The highest BCUT2D eigenvalue weighted by Gasteiger charge is 2.22. The number of nitrogens with zero attached hydrogens (tertiary/aromatic N) is 2. The van der Waals surface area contributed by atoms with E-state index in [9.17, 15) is 4.79 Å². The van der Waals surface area contributed by atoms with Crippen LogP contribution in [0.5, 0.6) is 5.75 Å². The van der Waals surface area contributed by atoms with Crippen LogP contribution < -0.4 is 10.1 Å². The number of rotatable bonds is 2. The number of halogens is 1. The highest BCUT2D eigenvalue weighted by Crippen LogP contribution is 2.30. The molecule has 2 amide bonds. The van der Waals surface area contributed by atoms with Crippen LogP contribution in [-0.4, -0.2) is 29.2 Å². The first-order chi connectivity index (χ1) is 12.6. The molecule has 4 rings (SSSR count). The molecule has 3 aromatic rings. The van der Waals surface area contributed by atoms with Crippen LogP contribution in [0.1, 0.15) is 11.1 Å². The summed E-state index contributed by atoms with van der Waals surface area (Å²) in [5, 5.41) is 4.68. The summed E-state index contributed by atoms with van der Waals surface area (Å²) in [4.78, 5) is 14.6. The molecule has 0 saturated carbocycles. The largest absolute Gasteiger partial charge is 0.495 e. The summed E-state index contributed by atoms with van der Waals surface area (Å²) < 4.78 is 7.31. The fourth-order valence-electron chi connectivity index (χ4n) is 3.60. The van der Waals surface area contributed by atoms with Gasteiger partial charge >= 0.3 is 6.03 Å². The van der Waals surface area contributed by atoms with E-state index in [0.29, 0.717) is 29.5 Å². The van der Waals surface area contributed by atoms with Gasteiger partial charge in [0.05, 0.1) is 12.1 Å². The van der Waals surface area contributed by atoms with E-state index in [4.69, 9.17) is 16.3 Å². The molecule has 0 unspecified atom stereocenters. The topological polar surface area (TPSA) is 46.5 Å². The van der Waals surface area contributed by atoms with Crippen LogP contribution in [-0.2, 0) is 20.0 Å². The number of ether oxygens (including phenoxy) is 1. The summed E-state index contributed by atoms with van der Waals surface area (Å²) in [5.74, 6) is 0.585. The molecule has 1 N–H and O–H groups in total. The molecule has 0 atom stereocenters. The van der Waals surface area contributed by atoms with Crippen molar-refractivity contribution in [2.45, 2.75) is 13.0 Å². The normalized spacial score (nSPS) is 13.6. The number of amides is 2. The predicted octanol–water partition coefficient (Wildman–Crippen LogP) is 4.43. The van der Waals surface area contributed by atoms with Crippen LogP contribution in [0, 0.1) is 0 Å². The Bertz CT molecular complexity index is 996. The molecule has 1 aliphatic rings. The van der Waals surface area contributed by atoms with Crippen molar-refractivity contribution < 1.29 is 9.53 Å². The third kappa shape index (κ3) is 2.88. The summed E-state index contributed by atoms with van der Waals surface area (Å²) in [5.41, 5.74) is 4.34. The van der Waals surface area contributed by atoms with Crippen molar-refractivity contribution in [3.63, 3.8) is 0 Å². The lowest BCUT2D eigenvalue weighted by Crippen LogP contribution is -2.35. The number of aryl methyl sites for hydroxylation is 1. The van der Waals surface area contributed by atoms with Crippen LogP contribution >= 0.6 is 11.6 Å². The number of aromatic nitrogens is 1. The van der Waals surface area contributed by atoms with Crippen molar-refractivity contribution in [3.8, 4) is 5.75 Å². The molecule has 1 aromatic heterocycles. The average molecular weight is 370 g/mol. The fourth-order valence-corrected chi connectivity index (χ4v) is 3.86. The van der Waals surface area contributed by atoms with Gasteiger partial charge in [0.2, 0.25) is 0 Å². The van der Waals surface area contributed by atoms with E-state index in [1.165, 1.54) is 22.0 Å². The zero-order valence-electron chi connectivity index (χ0n) is 14.8. The lowest BCUT2D eigenvalue weighted by molar-refractivity contribution is 0.210. The molecule has 0 fully saturated rings. The minimum Gasteiger partial charge on any atom is -0.495 e. The number of benzene rings is 2. The molecule has 0 bridgehead atoms. The van der Waals surface area contributed by atoms with Gasteiger partial charge in [-0.05, 0) is 41.8 Å². The number of hydrogen-bond acceptors (Lipinski definition) is 2. The number of nitrogens with one attached hydrogen (secondary N) is 1. The smallest absolute Gasteiger partial charge is 0.322 e. The van der Waals surface area contributed by atoms with Gasteiger partial charge in [-0.2, -0.15) is 0 Å². The number of carbonyl (C=O) groups excluding carboxylic acids is 1. The molecule has 134 valence electrons. The van der Waals surface area contributed by atoms with Crippen molar-refractivity contribution in [2.24, 2.45) is 7.05 Å². The number of methoxy groups -OCH3 is 1. The Kier molecular flexibility index (Phi) is 4.24. The van der Waals surface area contributed by atoms with Crippen molar-refractivity contribution >= 4 is 34.2 Å². The monoisotopic (exact) mass is 369 g/mol. The van der Waals surface area contributed by atoms with E-state index in [0.717, 1.165) is 6.42 Å². The minimum atomic E-state index is -0.127. The minimum absolute atomic E-state index is 0.127. The SMILES string of the molecule is COc1ccc(NC(=O)N2CCc3cn(C)c4cccc(c34)C2)cc1Cl. The van der Waals surface area contributed by atoms with E-state index in [-0.39, 0.29) is 6.03 Å². The van der Waals surface area contributed by atoms with Crippen LogP contribution in [0.4, 0.5) is 10.5 Å². The quantitative estimate of drug-likeness (QED) is 0.726. The van der Waals surface area contributed by atoms with E-state index in [1.807, 2.05) is 11.0 Å². The number of urea groups is 1. The van der Waals surface area contributed by atoms with Crippen molar-refractivity contribution in [1.82, 2.24) is 9.47 Å². The van der Waals surface area contributed by atoms with Gasteiger partial charge in [0, 0.05) is 42.9 Å². The third-order valence-electron chi connectivity index (χ3n) is 4.88. The van der Waals surface area contributed by atoms with Crippen molar-refractivity contribution in [2.75, 3.05) is 19.0 Å². The average Bonchev–Trinajstić information content (AvgIpc) is 2.83. The van der Waals surface area contributed by atoms with Gasteiger partial charge in [0.1, 0.15) is 5.75 Å². The Morgan fingerprint density at radius 1 is 1.23 bits per heavy atom. The van der Waals surface area contributed by atoms with Crippen LogP contribution in [0.25, 0.3) is 10.9 Å².